The molecule has 3 atom stereocenters. The summed E-state index contributed by atoms with van der Waals surface area (Å²) in [6.45, 7) is 9.38. The van der Waals surface area contributed by atoms with Crippen molar-refractivity contribution >= 4 is 21.8 Å². The SMILES string of the molecule is CC[C@H](C)CC(=O)N(NC(=O)CN1CCCC1)[C@@H](Cc1ccccc1)[C@H](O)CN(CC(C)C)S(=O)(=O)c1ccc2c(c1)OCO2. The molecule has 1 saturated heterocycles. The Morgan fingerprint density at radius 1 is 1.00 bits per heavy atom. The van der Waals surface area contributed by atoms with Crippen LogP contribution in [0.4, 0.5) is 0 Å². The fraction of sp³-hybridized carbons (Fsp3) is 0.576. The number of sulfonamides is 1. The van der Waals surface area contributed by atoms with Crippen LogP contribution in [0.15, 0.2) is 53.4 Å². The fourth-order valence-electron chi connectivity index (χ4n) is 5.63. The second-order valence-corrected chi connectivity index (χ2v) is 14.5. The zero-order valence-corrected chi connectivity index (χ0v) is 27.7. The van der Waals surface area contributed by atoms with Crippen molar-refractivity contribution in [2.45, 2.75) is 76.8 Å². The minimum absolute atomic E-state index is 0.0123. The summed E-state index contributed by atoms with van der Waals surface area (Å²) >= 11 is 0. The number of nitrogens with zero attached hydrogens (tertiary/aromatic N) is 3. The van der Waals surface area contributed by atoms with Crippen molar-refractivity contribution in [3.63, 3.8) is 0 Å². The molecule has 45 heavy (non-hydrogen) atoms. The van der Waals surface area contributed by atoms with E-state index in [9.17, 15) is 23.1 Å². The van der Waals surface area contributed by atoms with Crippen molar-refractivity contribution in [1.82, 2.24) is 19.6 Å². The van der Waals surface area contributed by atoms with Crippen LogP contribution in [0.3, 0.4) is 0 Å². The summed E-state index contributed by atoms with van der Waals surface area (Å²) in [5.74, 6) is 0.128. The molecule has 0 unspecified atom stereocenters. The number of fused-ring (bicyclic) bond motifs is 1. The van der Waals surface area contributed by atoms with Crippen LogP contribution in [-0.4, -0.2) is 91.2 Å². The second-order valence-electron chi connectivity index (χ2n) is 12.6. The Morgan fingerprint density at radius 2 is 1.69 bits per heavy atom. The number of hydrogen-bond acceptors (Lipinski definition) is 8. The summed E-state index contributed by atoms with van der Waals surface area (Å²) in [4.78, 5) is 29.2. The molecule has 2 aromatic carbocycles. The maximum absolute atomic E-state index is 14.0. The number of likely N-dealkylation sites (tertiary alicyclic amines) is 1. The molecular formula is C33H48N4O7S. The highest BCUT2D eigenvalue weighted by Gasteiger charge is 2.37. The van der Waals surface area contributed by atoms with Crippen molar-refractivity contribution in [2.24, 2.45) is 11.8 Å². The van der Waals surface area contributed by atoms with E-state index in [-0.39, 0.29) is 67.8 Å². The van der Waals surface area contributed by atoms with E-state index in [0.717, 1.165) is 37.9 Å². The van der Waals surface area contributed by atoms with Gasteiger partial charge in [0.15, 0.2) is 11.5 Å². The highest BCUT2D eigenvalue weighted by Crippen LogP contribution is 2.35. The van der Waals surface area contributed by atoms with Crippen LogP contribution in [0.1, 0.15) is 58.9 Å². The van der Waals surface area contributed by atoms with Crippen molar-refractivity contribution in [3.05, 3.63) is 54.1 Å². The Kier molecular flexibility index (Phi) is 12.2. The van der Waals surface area contributed by atoms with Gasteiger partial charge in [-0.1, -0.05) is 64.4 Å². The van der Waals surface area contributed by atoms with Crippen LogP contribution >= 0.6 is 0 Å². The van der Waals surface area contributed by atoms with Crippen LogP contribution in [-0.2, 0) is 26.0 Å². The maximum Gasteiger partial charge on any atom is 0.252 e. The number of hydrazine groups is 1. The molecule has 2 N–H and O–H groups in total. The van der Waals surface area contributed by atoms with Gasteiger partial charge in [0.1, 0.15) is 0 Å². The third kappa shape index (κ3) is 9.41. The van der Waals surface area contributed by atoms with E-state index in [1.165, 1.54) is 21.4 Å². The Balaban J connectivity index is 1.66. The van der Waals surface area contributed by atoms with Gasteiger partial charge >= 0.3 is 0 Å². The molecule has 0 aliphatic carbocycles. The van der Waals surface area contributed by atoms with Crippen LogP contribution < -0.4 is 14.9 Å². The van der Waals surface area contributed by atoms with E-state index >= 15 is 0 Å². The highest BCUT2D eigenvalue weighted by atomic mass is 32.2. The molecule has 0 saturated carbocycles. The summed E-state index contributed by atoms with van der Waals surface area (Å²) in [7, 11) is -4.09. The van der Waals surface area contributed by atoms with E-state index in [4.69, 9.17) is 9.47 Å². The summed E-state index contributed by atoms with van der Waals surface area (Å²) in [6, 6.07) is 12.9. The third-order valence-corrected chi connectivity index (χ3v) is 10.1. The number of amides is 2. The van der Waals surface area contributed by atoms with Gasteiger partial charge in [0, 0.05) is 25.6 Å². The van der Waals surface area contributed by atoms with Gasteiger partial charge in [0.2, 0.25) is 22.7 Å². The Morgan fingerprint density at radius 3 is 2.36 bits per heavy atom. The largest absolute Gasteiger partial charge is 0.454 e. The standard InChI is InChI=1S/C33H48N4O7S/c1-5-25(4)17-33(40)37(34-32(39)22-35-15-9-10-16-35)28(18-26-11-7-6-8-12-26)29(38)21-36(20-24(2)3)45(41,42)27-13-14-30-31(19-27)44-23-43-30/h6-8,11-14,19,24-25,28-29,38H,5,9-10,15-18,20-23H2,1-4H3,(H,34,39)/t25-,28-,29+/m0/s1. The van der Waals surface area contributed by atoms with Gasteiger partial charge in [-0.2, -0.15) is 4.31 Å². The molecule has 1 fully saturated rings. The molecule has 2 aliphatic heterocycles. The number of rotatable bonds is 15. The third-order valence-electron chi connectivity index (χ3n) is 8.30. The Labute approximate surface area is 267 Å². The first-order valence-corrected chi connectivity index (χ1v) is 17.4. The number of benzene rings is 2. The van der Waals surface area contributed by atoms with Gasteiger partial charge in [-0.05, 0) is 61.9 Å². The van der Waals surface area contributed by atoms with E-state index in [0.29, 0.717) is 11.5 Å². The van der Waals surface area contributed by atoms with Gasteiger partial charge in [-0.15, -0.1) is 0 Å². The highest BCUT2D eigenvalue weighted by molar-refractivity contribution is 7.89. The van der Waals surface area contributed by atoms with Gasteiger partial charge in [0.25, 0.3) is 5.91 Å². The number of hydrogen-bond donors (Lipinski definition) is 2. The van der Waals surface area contributed by atoms with Crippen molar-refractivity contribution in [2.75, 3.05) is 39.5 Å². The van der Waals surface area contributed by atoms with Gasteiger partial charge < -0.3 is 14.6 Å². The average Bonchev–Trinajstić information content (AvgIpc) is 3.70. The molecule has 0 bridgehead atoms. The van der Waals surface area contributed by atoms with E-state index in [1.54, 1.807) is 6.07 Å². The molecule has 4 rings (SSSR count). The van der Waals surface area contributed by atoms with Crippen molar-refractivity contribution in [1.29, 1.82) is 0 Å². The smallest absolute Gasteiger partial charge is 0.252 e. The van der Waals surface area contributed by atoms with Crippen molar-refractivity contribution in [3.8, 4) is 11.5 Å². The summed E-state index contributed by atoms with van der Waals surface area (Å²) in [5, 5.41) is 13.2. The zero-order valence-electron chi connectivity index (χ0n) is 26.9. The molecule has 0 radical (unpaired) electrons. The average molecular weight is 645 g/mol. The van der Waals surface area contributed by atoms with Gasteiger partial charge in [-0.25, -0.2) is 13.4 Å². The van der Waals surface area contributed by atoms with Crippen LogP contribution in [0.5, 0.6) is 11.5 Å². The monoisotopic (exact) mass is 644 g/mol. The number of nitrogens with one attached hydrogen (secondary N) is 1. The molecule has 2 aromatic rings. The second kappa shape index (κ2) is 15.9. The minimum Gasteiger partial charge on any atom is -0.454 e. The summed E-state index contributed by atoms with van der Waals surface area (Å²) in [6.07, 6.45) is 1.84. The number of aliphatic hydroxyl groups is 1. The number of ether oxygens (including phenoxy) is 2. The van der Waals surface area contributed by atoms with Crippen LogP contribution in [0, 0.1) is 11.8 Å². The molecular weight excluding hydrogens is 596 g/mol. The fourth-order valence-corrected chi connectivity index (χ4v) is 7.27. The number of carbonyl (C=O) groups excluding carboxylic acids is 2. The number of aliphatic hydroxyl groups excluding tert-OH is 1. The summed E-state index contributed by atoms with van der Waals surface area (Å²) < 4.78 is 40.0. The number of carbonyl (C=O) groups is 2. The first kappa shape index (κ1) is 34.7. The lowest BCUT2D eigenvalue weighted by atomic mass is 9.98. The van der Waals surface area contributed by atoms with Gasteiger partial charge in [0.05, 0.1) is 23.6 Å². The van der Waals surface area contributed by atoms with Crippen LogP contribution in [0.25, 0.3) is 0 Å². The Bertz CT molecular complexity index is 1380. The lowest BCUT2D eigenvalue weighted by Crippen LogP contribution is -2.60. The minimum atomic E-state index is -4.09. The first-order chi connectivity index (χ1) is 21.5. The van der Waals surface area contributed by atoms with Crippen molar-refractivity contribution < 1.29 is 32.6 Å². The summed E-state index contributed by atoms with van der Waals surface area (Å²) in [5.41, 5.74) is 3.67. The quantitative estimate of drug-likeness (QED) is 0.283. The Hall–Kier alpha value is -3.19. The topological polar surface area (TPSA) is 129 Å². The normalized spacial score (nSPS) is 17.0. The molecule has 0 spiro atoms. The molecule has 2 heterocycles. The molecule has 0 aromatic heterocycles. The zero-order chi connectivity index (χ0) is 32.6. The van der Waals surface area contributed by atoms with E-state index < -0.39 is 22.2 Å². The predicted molar refractivity (Wildman–Crippen MR) is 171 cm³/mol. The van der Waals surface area contributed by atoms with E-state index in [2.05, 4.69) is 5.43 Å². The molecule has 2 aliphatic rings. The first-order valence-electron chi connectivity index (χ1n) is 15.9. The molecule has 2 amide bonds. The van der Waals surface area contributed by atoms with E-state index in [1.807, 2.05) is 62.9 Å². The lowest BCUT2D eigenvalue weighted by molar-refractivity contribution is -0.149. The lowest BCUT2D eigenvalue weighted by Gasteiger charge is -2.37. The molecule has 12 heteroatoms. The molecule has 11 nitrogen and oxygen atoms in total. The van der Waals surface area contributed by atoms with Crippen LogP contribution in [0.2, 0.25) is 0 Å². The maximum atomic E-state index is 14.0. The molecule has 248 valence electrons. The predicted octanol–water partition coefficient (Wildman–Crippen LogP) is 3.43. The van der Waals surface area contributed by atoms with Gasteiger partial charge in [-0.3, -0.25) is 19.9 Å².